The largest absolute Gasteiger partial charge is 0.508 e. The van der Waals surface area contributed by atoms with Gasteiger partial charge in [0.05, 0.1) is 0 Å². The molecule has 0 aliphatic carbocycles. The van der Waals surface area contributed by atoms with Crippen LogP contribution in [0.5, 0.6) is 5.75 Å². The van der Waals surface area contributed by atoms with E-state index in [0.717, 1.165) is 24.6 Å². The molecule has 1 heterocycles. The molecule has 0 radical (unpaired) electrons. The minimum Gasteiger partial charge on any atom is -0.508 e. The highest BCUT2D eigenvalue weighted by molar-refractivity contribution is 8.00. The van der Waals surface area contributed by atoms with Gasteiger partial charge in [0.15, 0.2) is 0 Å². The topological polar surface area (TPSA) is 32.3 Å². The monoisotopic (exact) mass is 265 g/mol. The number of aromatic hydroxyl groups is 1. The van der Waals surface area contributed by atoms with E-state index in [1.54, 1.807) is 12.1 Å². The molecule has 2 nitrogen and oxygen atoms in total. The van der Waals surface area contributed by atoms with Gasteiger partial charge < -0.3 is 10.4 Å². The summed E-state index contributed by atoms with van der Waals surface area (Å²) >= 11 is 2.11. The summed E-state index contributed by atoms with van der Waals surface area (Å²) in [7, 11) is 0. The highest BCUT2D eigenvalue weighted by Crippen LogP contribution is 2.25. The maximum Gasteiger partial charge on any atom is 0.115 e. The smallest absolute Gasteiger partial charge is 0.115 e. The third-order valence-corrected chi connectivity index (χ3v) is 4.92. The summed E-state index contributed by atoms with van der Waals surface area (Å²) in [6.07, 6.45) is 5.00. The van der Waals surface area contributed by atoms with Gasteiger partial charge >= 0.3 is 0 Å². The van der Waals surface area contributed by atoms with Crippen molar-refractivity contribution in [2.75, 3.05) is 12.3 Å². The molecule has 2 N–H and O–H groups in total. The Balaban J connectivity index is 1.64. The van der Waals surface area contributed by atoms with Gasteiger partial charge in [-0.05, 0) is 56.1 Å². The van der Waals surface area contributed by atoms with Crippen molar-refractivity contribution in [3.05, 3.63) is 29.8 Å². The molecular formula is C15H23NOS. The van der Waals surface area contributed by atoms with E-state index in [-0.39, 0.29) is 0 Å². The van der Waals surface area contributed by atoms with E-state index < -0.39 is 0 Å². The van der Waals surface area contributed by atoms with Crippen molar-refractivity contribution in [1.29, 1.82) is 0 Å². The maximum absolute atomic E-state index is 9.22. The predicted octanol–water partition coefficient (Wildman–Crippen LogP) is 3.20. The lowest BCUT2D eigenvalue weighted by atomic mass is 10.1. The fourth-order valence-corrected chi connectivity index (χ4v) is 3.50. The van der Waals surface area contributed by atoms with E-state index >= 15 is 0 Å². The van der Waals surface area contributed by atoms with Crippen molar-refractivity contribution in [3.8, 4) is 5.75 Å². The molecule has 0 saturated carbocycles. The average molecular weight is 265 g/mol. The third-order valence-electron chi connectivity index (χ3n) is 3.52. The summed E-state index contributed by atoms with van der Waals surface area (Å²) in [4.78, 5) is 0. The third kappa shape index (κ3) is 4.54. The second kappa shape index (κ2) is 7.05. The number of hydrogen-bond donors (Lipinski definition) is 2. The highest BCUT2D eigenvalue weighted by atomic mass is 32.2. The molecule has 3 heteroatoms. The Morgan fingerprint density at radius 3 is 2.83 bits per heavy atom. The first kappa shape index (κ1) is 13.8. The Morgan fingerprint density at radius 2 is 2.17 bits per heavy atom. The van der Waals surface area contributed by atoms with Gasteiger partial charge in [0.2, 0.25) is 0 Å². The molecule has 1 fully saturated rings. The van der Waals surface area contributed by atoms with E-state index in [4.69, 9.17) is 0 Å². The summed E-state index contributed by atoms with van der Waals surface area (Å²) < 4.78 is 0. The van der Waals surface area contributed by atoms with Crippen molar-refractivity contribution in [2.24, 2.45) is 0 Å². The number of aryl methyl sites for hydroxylation is 1. The van der Waals surface area contributed by atoms with Gasteiger partial charge in [-0.3, -0.25) is 0 Å². The normalized spacial score (nSPS) is 21.1. The minimum absolute atomic E-state index is 0.350. The number of rotatable bonds is 6. The summed E-state index contributed by atoms with van der Waals surface area (Å²) in [5, 5.41) is 13.7. The van der Waals surface area contributed by atoms with Crippen molar-refractivity contribution < 1.29 is 5.11 Å². The lowest BCUT2D eigenvalue weighted by Gasteiger charge is -2.16. The zero-order chi connectivity index (χ0) is 12.8. The van der Waals surface area contributed by atoms with Crippen molar-refractivity contribution >= 4 is 11.8 Å². The molecule has 2 unspecified atom stereocenters. The fourth-order valence-electron chi connectivity index (χ4n) is 2.29. The number of benzene rings is 1. The summed E-state index contributed by atoms with van der Waals surface area (Å²) in [5.74, 6) is 1.69. The van der Waals surface area contributed by atoms with Gasteiger partial charge in [0.1, 0.15) is 5.75 Å². The molecule has 1 aliphatic heterocycles. The van der Waals surface area contributed by atoms with Crippen LogP contribution >= 0.6 is 11.8 Å². The summed E-state index contributed by atoms with van der Waals surface area (Å²) in [6.45, 7) is 3.42. The lowest BCUT2D eigenvalue weighted by Crippen LogP contribution is -2.32. The van der Waals surface area contributed by atoms with Crippen LogP contribution in [0.2, 0.25) is 0 Å². The number of phenolic OH excluding ortho intramolecular Hbond substituents is 1. The van der Waals surface area contributed by atoms with E-state index in [9.17, 15) is 5.11 Å². The SMILES string of the molecule is CC(CCc1ccc(O)cc1)NCC1CCCS1. The van der Waals surface area contributed by atoms with Crippen LogP contribution in [0.1, 0.15) is 31.7 Å². The fraction of sp³-hybridized carbons (Fsp3) is 0.600. The number of nitrogens with one attached hydrogen (secondary N) is 1. The molecule has 0 amide bonds. The average Bonchev–Trinajstić information content (AvgIpc) is 2.89. The second-order valence-electron chi connectivity index (χ2n) is 5.15. The standard InChI is InChI=1S/C15H23NOS/c1-12(16-11-15-3-2-10-18-15)4-5-13-6-8-14(17)9-7-13/h6-9,12,15-17H,2-5,10-11H2,1H3. The molecule has 0 spiro atoms. The van der Waals surface area contributed by atoms with Gasteiger partial charge in [-0.25, -0.2) is 0 Å². The first-order chi connectivity index (χ1) is 8.74. The molecule has 100 valence electrons. The Morgan fingerprint density at radius 1 is 1.39 bits per heavy atom. The van der Waals surface area contributed by atoms with Gasteiger partial charge in [-0.1, -0.05) is 12.1 Å². The van der Waals surface area contributed by atoms with Gasteiger partial charge in [0, 0.05) is 17.8 Å². The Kier molecular flexibility index (Phi) is 5.39. The molecule has 2 atom stereocenters. The van der Waals surface area contributed by atoms with E-state index in [0.29, 0.717) is 11.8 Å². The first-order valence-electron chi connectivity index (χ1n) is 6.87. The molecule has 0 aromatic heterocycles. The molecule has 1 aromatic rings. The Bertz CT molecular complexity index is 346. The number of thioether (sulfide) groups is 1. The molecule has 0 bridgehead atoms. The summed E-state index contributed by atoms with van der Waals surface area (Å²) in [6, 6.07) is 8.12. The van der Waals surface area contributed by atoms with Gasteiger partial charge in [-0.2, -0.15) is 11.8 Å². The number of phenols is 1. The van der Waals surface area contributed by atoms with Crippen LogP contribution in [-0.4, -0.2) is 28.7 Å². The Hall–Kier alpha value is -0.670. The van der Waals surface area contributed by atoms with E-state index in [2.05, 4.69) is 24.0 Å². The van der Waals surface area contributed by atoms with Crippen LogP contribution in [0.4, 0.5) is 0 Å². The first-order valence-corrected chi connectivity index (χ1v) is 7.92. The Labute approximate surface area is 114 Å². The minimum atomic E-state index is 0.350. The molecule has 1 aromatic carbocycles. The molecule has 18 heavy (non-hydrogen) atoms. The van der Waals surface area contributed by atoms with Crippen molar-refractivity contribution in [3.63, 3.8) is 0 Å². The van der Waals surface area contributed by atoms with Gasteiger partial charge in [-0.15, -0.1) is 0 Å². The highest BCUT2D eigenvalue weighted by Gasteiger charge is 2.15. The van der Waals surface area contributed by atoms with E-state index in [1.807, 2.05) is 12.1 Å². The zero-order valence-electron chi connectivity index (χ0n) is 11.1. The lowest BCUT2D eigenvalue weighted by molar-refractivity contribution is 0.474. The zero-order valence-corrected chi connectivity index (χ0v) is 11.9. The van der Waals surface area contributed by atoms with Crippen LogP contribution in [0.15, 0.2) is 24.3 Å². The maximum atomic E-state index is 9.22. The second-order valence-corrected chi connectivity index (χ2v) is 6.56. The molecule has 1 aliphatic rings. The molecular weight excluding hydrogens is 242 g/mol. The van der Waals surface area contributed by atoms with Crippen LogP contribution in [0.25, 0.3) is 0 Å². The van der Waals surface area contributed by atoms with Gasteiger partial charge in [0.25, 0.3) is 0 Å². The molecule has 2 rings (SSSR count). The van der Waals surface area contributed by atoms with Crippen molar-refractivity contribution in [2.45, 2.75) is 43.9 Å². The van der Waals surface area contributed by atoms with Crippen molar-refractivity contribution in [1.82, 2.24) is 5.32 Å². The quantitative estimate of drug-likeness (QED) is 0.828. The van der Waals surface area contributed by atoms with Crippen LogP contribution in [0.3, 0.4) is 0 Å². The van der Waals surface area contributed by atoms with Crippen LogP contribution in [0, 0.1) is 0 Å². The number of hydrogen-bond acceptors (Lipinski definition) is 3. The van der Waals surface area contributed by atoms with Crippen LogP contribution < -0.4 is 5.32 Å². The van der Waals surface area contributed by atoms with Crippen LogP contribution in [-0.2, 0) is 6.42 Å². The van der Waals surface area contributed by atoms with E-state index in [1.165, 1.54) is 24.2 Å². The predicted molar refractivity (Wildman–Crippen MR) is 79.4 cm³/mol. The molecule has 1 saturated heterocycles. The summed E-state index contributed by atoms with van der Waals surface area (Å²) in [5.41, 5.74) is 1.30.